The third kappa shape index (κ3) is 4.37. The molecule has 0 unspecified atom stereocenters. The van der Waals surface area contributed by atoms with E-state index in [0.29, 0.717) is 11.3 Å². The highest BCUT2D eigenvalue weighted by Gasteiger charge is 2.04. The Morgan fingerprint density at radius 3 is 2.78 bits per heavy atom. The van der Waals surface area contributed by atoms with Crippen LogP contribution in [0.5, 0.6) is 0 Å². The normalized spacial score (nSPS) is 10.4. The molecule has 0 atom stereocenters. The van der Waals surface area contributed by atoms with Crippen LogP contribution in [-0.4, -0.2) is 18.5 Å². The molecule has 0 fully saturated rings. The van der Waals surface area contributed by atoms with Crippen molar-refractivity contribution in [1.82, 2.24) is 0 Å². The third-order valence-electron chi connectivity index (χ3n) is 2.01. The van der Waals surface area contributed by atoms with Crippen LogP contribution in [-0.2, 0) is 14.3 Å². The minimum atomic E-state index is -0.518. The van der Waals surface area contributed by atoms with E-state index in [-0.39, 0.29) is 12.5 Å². The summed E-state index contributed by atoms with van der Waals surface area (Å²) in [6, 6.07) is 3.88. The minimum Gasteiger partial charge on any atom is -0.463 e. The maximum Gasteiger partial charge on any atom is 0.330 e. The maximum atomic E-state index is 13.1. The topological polar surface area (TPSA) is 55.4 Å². The second-order valence-corrected chi connectivity index (χ2v) is 3.50. The van der Waals surface area contributed by atoms with Crippen LogP contribution in [0.15, 0.2) is 24.3 Å². The molecule has 1 amide bonds. The molecule has 0 saturated carbocycles. The Balaban J connectivity index is 2.94. The van der Waals surface area contributed by atoms with E-state index >= 15 is 0 Å². The van der Waals surface area contributed by atoms with E-state index in [1.165, 1.54) is 37.3 Å². The van der Waals surface area contributed by atoms with Crippen molar-refractivity contribution in [3.05, 3.63) is 35.7 Å². The summed E-state index contributed by atoms with van der Waals surface area (Å²) in [5.41, 5.74) is 0.836. The number of hydrogen-bond donors (Lipinski definition) is 1. The molecular weight excluding hydrogens is 237 g/mol. The largest absolute Gasteiger partial charge is 0.463 e. The number of benzene rings is 1. The van der Waals surface area contributed by atoms with Gasteiger partial charge >= 0.3 is 5.97 Å². The second kappa shape index (κ2) is 6.54. The zero-order chi connectivity index (χ0) is 13.5. The monoisotopic (exact) mass is 251 g/mol. The molecular formula is C13H14FNO3. The van der Waals surface area contributed by atoms with Crippen molar-refractivity contribution in [3.63, 3.8) is 0 Å². The standard InChI is InChI=1S/C13H14FNO3/c1-3-18-13(17)7-4-10-8-11(14)5-6-12(10)15-9(2)16/h4-8H,3H2,1-2H3,(H,15,16). The zero-order valence-corrected chi connectivity index (χ0v) is 10.2. The summed E-state index contributed by atoms with van der Waals surface area (Å²) in [6.07, 6.45) is 2.58. The van der Waals surface area contributed by atoms with Gasteiger partial charge in [-0.05, 0) is 31.2 Å². The van der Waals surface area contributed by atoms with Crippen LogP contribution in [0.25, 0.3) is 6.08 Å². The van der Waals surface area contributed by atoms with Crippen molar-refractivity contribution in [2.45, 2.75) is 13.8 Å². The maximum absolute atomic E-state index is 13.1. The first-order valence-corrected chi connectivity index (χ1v) is 5.45. The molecule has 0 radical (unpaired) electrons. The van der Waals surface area contributed by atoms with Gasteiger partial charge in [-0.2, -0.15) is 0 Å². The number of esters is 1. The summed E-state index contributed by atoms with van der Waals surface area (Å²) in [6.45, 7) is 3.31. The van der Waals surface area contributed by atoms with E-state index in [9.17, 15) is 14.0 Å². The third-order valence-corrected chi connectivity index (χ3v) is 2.01. The van der Waals surface area contributed by atoms with Crippen LogP contribution >= 0.6 is 0 Å². The molecule has 0 aliphatic heterocycles. The van der Waals surface area contributed by atoms with Crippen molar-refractivity contribution in [2.24, 2.45) is 0 Å². The quantitative estimate of drug-likeness (QED) is 0.660. The first-order valence-electron chi connectivity index (χ1n) is 5.45. The molecule has 1 aromatic carbocycles. The summed E-state index contributed by atoms with van der Waals surface area (Å²) in [4.78, 5) is 22.1. The van der Waals surface area contributed by atoms with Crippen LogP contribution in [0.2, 0.25) is 0 Å². The molecule has 1 aromatic rings. The van der Waals surface area contributed by atoms with E-state index < -0.39 is 11.8 Å². The van der Waals surface area contributed by atoms with Crippen LogP contribution in [0, 0.1) is 5.82 Å². The summed E-state index contributed by atoms with van der Waals surface area (Å²) < 4.78 is 17.8. The zero-order valence-electron chi connectivity index (χ0n) is 10.2. The first-order chi connectivity index (χ1) is 8.52. The SMILES string of the molecule is CCOC(=O)C=Cc1cc(F)ccc1NC(C)=O. The lowest BCUT2D eigenvalue weighted by Gasteiger charge is -2.06. The van der Waals surface area contributed by atoms with Gasteiger partial charge in [-0.15, -0.1) is 0 Å². The summed E-state index contributed by atoms with van der Waals surface area (Å²) in [5.74, 6) is -1.24. The molecule has 0 aliphatic carbocycles. The van der Waals surface area contributed by atoms with Gasteiger partial charge in [0.15, 0.2) is 0 Å². The molecule has 18 heavy (non-hydrogen) atoms. The van der Waals surface area contributed by atoms with Gasteiger partial charge in [0.05, 0.1) is 6.61 Å². The number of amides is 1. The van der Waals surface area contributed by atoms with Crippen molar-refractivity contribution >= 4 is 23.6 Å². The van der Waals surface area contributed by atoms with Gasteiger partial charge in [0, 0.05) is 24.3 Å². The van der Waals surface area contributed by atoms with Gasteiger partial charge in [-0.3, -0.25) is 4.79 Å². The predicted molar refractivity (Wildman–Crippen MR) is 66.4 cm³/mol. The number of carbonyl (C=O) groups excluding carboxylic acids is 2. The van der Waals surface area contributed by atoms with Crippen LogP contribution < -0.4 is 5.32 Å². The molecule has 0 saturated heterocycles. The lowest BCUT2D eigenvalue weighted by atomic mass is 10.1. The Morgan fingerprint density at radius 2 is 2.17 bits per heavy atom. The average Bonchev–Trinajstić information content (AvgIpc) is 2.29. The Labute approximate surface area is 104 Å². The molecule has 0 spiro atoms. The van der Waals surface area contributed by atoms with Crippen molar-refractivity contribution in [3.8, 4) is 0 Å². The number of nitrogens with one attached hydrogen (secondary N) is 1. The molecule has 1 N–H and O–H groups in total. The lowest BCUT2D eigenvalue weighted by Crippen LogP contribution is -2.07. The van der Waals surface area contributed by atoms with Gasteiger partial charge in [0.25, 0.3) is 0 Å². The summed E-state index contributed by atoms with van der Waals surface area (Å²) in [7, 11) is 0. The number of carbonyl (C=O) groups is 2. The number of ether oxygens (including phenoxy) is 1. The molecule has 4 nitrogen and oxygen atoms in total. The van der Waals surface area contributed by atoms with Crippen molar-refractivity contribution in [2.75, 3.05) is 11.9 Å². The number of halogens is 1. The van der Waals surface area contributed by atoms with Crippen LogP contribution in [0.3, 0.4) is 0 Å². The Hall–Kier alpha value is -2.17. The molecule has 96 valence electrons. The van der Waals surface area contributed by atoms with Gasteiger partial charge in [0.2, 0.25) is 5.91 Å². The number of rotatable bonds is 4. The van der Waals surface area contributed by atoms with Gasteiger partial charge < -0.3 is 10.1 Å². The minimum absolute atomic E-state index is 0.269. The Kier molecular flexibility index (Phi) is 5.05. The fraction of sp³-hybridized carbons (Fsp3) is 0.231. The van der Waals surface area contributed by atoms with Gasteiger partial charge in [0.1, 0.15) is 5.82 Å². The van der Waals surface area contributed by atoms with E-state index in [0.717, 1.165) is 0 Å². The predicted octanol–water partition coefficient (Wildman–Crippen LogP) is 2.36. The van der Waals surface area contributed by atoms with Gasteiger partial charge in [-0.1, -0.05) is 0 Å². The molecule has 5 heteroatoms. The van der Waals surface area contributed by atoms with Crippen molar-refractivity contribution < 1.29 is 18.7 Å². The molecule has 0 bridgehead atoms. The van der Waals surface area contributed by atoms with Crippen molar-refractivity contribution in [1.29, 1.82) is 0 Å². The number of anilines is 1. The summed E-state index contributed by atoms with van der Waals surface area (Å²) >= 11 is 0. The summed E-state index contributed by atoms with van der Waals surface area (Å²) in [5, 5.41) is 2.55. The number of hydrogen-bond acceptors (Lipinski definition) is 3. The van der Waals surface area contributed by atoms with E-state index in [1.54, 1.807) is 6.92 Å². The molecule has 0 aromatic heterocycles. The van der Waals surface area contributed by atoms with Crippen LogP contribution in [0.4, 0.5) is 10.1 Å². The fourth-order valence-corrected chi connectivity index (χ4v) is 1.32. The van der Waals surface area contributed by atoms with Gasteiger partial charge in [-0.25, -0.2) is 9.18 Å². The molecule has 1 rings (SSSR count). The lowest BCUT2D eigenvalue weighted by molar-refractivity contribution is -0.137. The average molecular weight is 251 g/mol. The van der Waals surface area contributed by atoms with E-state index in [4.69, 9.17) is 4.74 Å². The fourth-order valence-electron chi connectivity index (χ4n) is 1.32. The molecule has 0 heterocycles. The Bertz CT molecular complexity index is 483. The smallest absolute Gasteiger partial charge is 0.330 e. The second-order valence-electron chi connectivity index (χ2n) is 3.50. The van der Waals surface area contributed by atoms with E-state index in [2.05, 4.69) is 5.32 Å². The van der Waals surface area contributed by atoms with E-state index in [1.807, 2.05) is 0 Å². The van der Waals surface area contributed by atoms with Crippen LogP contribution in [0.1, 0.15) is 19.4 Å². The highest BCUT2D eigenvalue weighted by molar-refractivity contribution is 5.93. The Morgan fingerprint density at radius 1 is 1.44 bits per heavy atom. The first kappa shape index (κ1) is 13.9. The highest BCUT2D eigenvalue weighted by Crippen LogP contribution is 2.18. The highest BCUT2D eigenvalue weighted by atomic mass is 19.1. The molecule has 0 aliphatic rings.